The normalized spacial score (nSPS) is 14.4. The van der Waals surface area contributed by atoms with Crippen molar-refractivity contribution in [3.63, 3.8) is 0 Å². The van der Waals surface area contributed by atoms with Gasteiger partial charge in [-0.2, -0.15) is 0 Å². The van der Waals surface area contributed by atoms with Gasteiger partial charge in [-0.25, -0.2) is 21.9 Å². The molecule has 2 N–H and O–H groups in total. The van der Waals surface area contributed by atoms with E-state index in [-0.39, 0.29) is 17.3 Å². The van der Waals surface area contributed by atoms with Gasteiger partial charge in [0.15, 0.2) is 0 Å². The van der Waals surface area contributed by atoms with Crippen LogP contribution in [0.4, 0.5) is 14.5 Å². The van der Waals surface area contributed by atoms with Gasteiger partial charge in [0.05, 0.1) is 5.69 Å². The molecule has 0 radical (unpaired) electrons. The van der Waals surface area contributed by atoms with Gasteiger partial charge in [-0.15, -0.1) is 0 Å². The summed E-state index contributed by atoms with van der Waals surface area (Å²) in [5.74, 6) is -2.30. The van der Waals surface area contributed by atoms with Crippen molar-refractivity contribution in [3.05, 3.63) is 59.2 Å². The lowest BCUT2D eigenvalue weighted by Gasteiger charge is -2.10. The number of hydrogen-bond donors (Lipinski definition) is 2. The van der Waals surface area contributed by atoms with E-state index >= 15 is 0 Å². The van der Waals surface area contributed by atoms with Crippen LogP contribution in [-0.4, -0.2) is 20.4 Å². The molecule has 1 aliphatic carbocycles. The molecule has 3 rings (SSSR count). The number of rotatable bonds is 5. The standard InChI is InChI=1S/C17H16F2N2O3S/c1-10-2-6-13(18)15(8-10)20-17(22)11-3-7-14(19)16(9-11)25(23,24)21-12-4-5-12/h2-3,6-9,12,21H,4-5H2,1H3,(H,20,22). The highest BCUT2D eigenvalue weighted by atomic mass is 32.2. The molecule has 0 atom stereocenters. The predicted molar refractivity (Wildman–Crippen MR) is 88.8 cm³/mol. The van der Waals surface area contributed by atoms with Crippen LogP contribution in [0.25, 0.3) is 0 Å². The van der Waals surface area contributed by atoms with Gasteiger partial charge in [-0.05, 0) is 55.7 Å². The van der Waals surface area contributed by atoms with E-state index in [2.05, 4.69) is 10.0 Å². The monoisotopic (exact) mass is 366 g/mol. The van der Waals surface area contributed by atoms with E-state index in [9.17, 15) is 22.0 Å². The van der Waals surface area contributed by atoms with Gasteiger partial charge in [-0.3, -0.25) is 4.79 Å². The summed E-state index contributed by atoms with van der Waals surface area (Å²) in [5, 5.41) is 2.37. The first-order valence-corrected chi connectivity index (χ1v) is 9.14. The first-order valence-electron chi connectivity index (χ1n) is 7.65. The molecule has 5 nitrogen and oxygen atoms in total. The highest BCUT2D eigenvalue weighted by Gasteiger charge is 2.30. The van der Waals surface area contributed by atoms with Crippen molar-refractivity contribution in [2.45, 2.75) is 30.7 Å². The molecule has 0 aliphatic heterocycles. The second-order valence-corrected chi connectivity index (χ2v) is 7.66. The zero-order valence-corrected chi connectivity index (χ0v) is 14.2. The minimum atomic E-state index is -4.05. The lowest BCUT2D eigenvalue weighted by Crippen LogP contribution is -2.27. The molecule has 25 heavy (non-hydrogen) atoms. The number of nitrogens with one attached hydrogen (secondary N) is 2. The third-order valence-corrected chi connectivity index (χ3v) is 5.29. The molecule has 0 unspecified atom stereocenters. The summed E-state index contributed by atoms with van der Waals surface area (Å²) in [6, 6.07) is 7.02. The van der Waals surface area contributed by atoms with Gasteiger partial charge in [-0.1, -0.05) is 6.07 Å². The van der Waals surface area contributed by atoms with Crippen molar-refractivity contribution in [1.29, 1.82) is 0 Å². The highest BCUT2D eigenvalue weighted by Crippen LogP contribution is 2.24. The second kappa shape index (κ2) is 6.53. The maximum Gasteiger partial charge on any atom is 0.255 e. The van der Waals surface area contributed by atoms with Crippen LogP contribution in [0.3, 0.4) is 0 Å². The second-order valence-electron chi connectivity index (χ2n) is 5.98. The Bertz CT molecular complexity index is 941. The van der Waals surface area contributed by atoms with Crippen molar-refractivity contribution in [2.75, 3.05) is 5.32 Å². The molecule has 2 aromatic rings. The summed E-state index contributed by atoms with van der Waals surface area (Å²) >= 11 is 0. The van der Waals surface area contributed by atoms with E-state index in [1.54, 1.807) is 13.0 Å². The van der Waals surface area contributed by atoms with Crippen molar-refractivity contribution < 1.29 is 22.0 Å². The Balaban J connectivity index is 1.88. The maximum atomic E-state index is 13.9. The zero-order chi connectivity index (χ0) is 18.2. The summed E-state index contributed by atoms with van der Waals surface area (Å²) in [7, 11) is -4.05. The van der Waals surface area contributed by atoms with Crippen LogP contribution < -0.4 is 10.0 Å². The molecule has 0 aromatic heterocycles. The molecule has 1 amide bonds. The Morgan fingerprint density at radius 1 is 1.08 bits per heavy atom. The number of carbonyl (C=O) groups is 1. The summed E-state index contributed by atoms with van der Waals surface area (Å²) in [6.07, 6.45) is 1.40. The maximum absolute atomic E-state index is 13.9. The fourth-order valence-electron chi connectivity index (χ4n) is 2.26. The van der Waals surface area contributed by atoms with Crippen LogP contribution in [0, 0.1) is 18.6 Å². The van der Waals surface area contributed by atoms with Gasteiger partial charge in [0.25, 0.3) is 5.91 Å². The molecular formula is C17H16F2N2O3S. The number of aryl methyl sites for hydroxylation is 1. The minimum Gasteiger partial charge on any atom is -0.319 e. The number of carbonyl (C=O) groups excluding carboxylic acids is 1. The number of hydrogen-bond acceptors (Lipinski definition) is 3. The van der Waals surface area contributed by atoms with Crippen molar-refractivity contribution in [1.82, 2.24) is 4.72 Å². The first kappa shape index (κ1) is 17.5. The van der Waals surface area contributed by atoms with Gasteiger partial charge < -0.3 is 5.32 Å². The van der Waals surface area contributed by atoms with Crippen LogP contribution in [0.5, 0.6) is 0 Å². The van der Waals surface area contributed by atoms with Crippen molar-refractivity contribution in [3.8, 4) is 0 Å². The van der Waals surface area contributed by atoms with Gasteiger partial charge >= 0.3 is 0 Å². The number of halogens is 2. The van der Waals surface area contributed by atoms with Crippen molar-refractivity contribution >= 4 is 21.6 Å². The van der Waals surface area contributed by atoms with E-state index < -0.39 is 32.5 Å². The van der Waals surface area contributed by atoms with Gasteiger partial charge in [0.2, 0.25) is 10.0 Å². The van der Waals surface area contributed by atoms with Gasteiger partial charge in [0, 0.05) is 11.6 Å². The molecule has 1 aliphatic rings. The van der Waals surface area contributed by atoms with E-state index in [1.807, 2.05) is 0 Å². The molecule has 8 heteroatoms. The average molecular weight is 366 g/mol. The van der Waals surface area contributed by atoms with Crippen LogP contribution in [-0.2, 0) is 10.0 Å². The Morgan fingerprint density at radius 2 is 1.76 bits per heavy atom. The Hall–Kier alpha value is -2.32. The predicted octanol–water partition coefficient (Wildman–Crippen LogP) is 2.97. The topological polar surface area (TPSA) is 75.3 Å². The fourth-order valence-corrected chi connectivity index (χ4v) is 3.67. The number of amides is 1. The smallest absolute Gasteiger partial charge is 0.255 e. The molecule has 132 valence electrons. The summed E-state index contributed by atoms with van der Waals surface area (Å²) in [4.78, 5) is 11.7. The quantitative estimate of drug-likeness (QED) is 0.854. The third-order valence-electron chi connectivity index (χ3n) is 3.75. The number of sulfonamides is 1. The molecule has 0 heterocycles. The van der Waals surface area contributed by atoms with E-state index in [4.69, 9.17) is 0 Å². The lowest BCUT2D eigenvalue weighted by molar-refractivity contribution is 0.102. The highest BCUT2D eigenvalue weighted by molar-refractivity contribution is 7.89. The van der Waals surface area contributed by atoms with Gasteiger partial charge in [0.1, 0.15) is 16.5 Å². The molecule has 0 bridgehead atoms. The van der Waals surface area contributed by atoms with E-state index in [0.717, 1.165) is 23.8 Å². The number of anilines is 1. The fraction of sp³-hybridized carbons (Fsp3) is 0.235. The summed E-state index contributed by atoms with van der Waals surface area (Å²) in [6.45, 7) is 1.74. The molecular weight excluding hydrogens is 350 g/mol. The van der Waals surface area contributed by atoms with Crippen LogP contribution in [0.15, 0.2) is 41.3 Å². The Kier molecular flexibility index (Phi) is 4.57. The Morgan fingerprint density at radius 3 is 2.44 bits per heavy atom. The molecule has 1 fully saturated rings. The Labute approximate surface area is 144 Å². The van der Waals surface area contributed by atoms with E-state index in [1.165, 1.54) is 12.1 Å². The lowest BCUT2D eigenvalue weighted by atomic mass is 10.2. The zero-order valence-electron chi connectivity index (χ0n) is 13.3. The summed E-state index contributed by atoms with van der Waals surface area (Å²) < 4.78 is 54.4. The minimum absolute atomic E-state index is 0.0326. The first-order chi connectivity index (χ1) is 11.8. The van der Waals surface area contributed by atoms with Crippen molar-refractivity contribution in [2.24, 2.45) is 0 Å². The largest absolute Gasteiger partial charge is 0.319 e. The third kappa shape index (κ3) is 4.02. The van der Waals surface area contributed by atoms with Crippen LogP contribution >= 0.6 is 0 Å². The SMILES string of the molecule is Cc1ccc(F)c(NC(=O)c2ccc(F)c(S(=O)(=O)NC3CC3)c2)c1. The molecule has 0 spiro atoms. The summed E-state index contributed by atoms with van der Waals surface area (Å²) in [5.41, 5.74) is 0.626. The van der Waals surface area contributed by atoms with Crippen LogP contribution in [0.2, 0.25) is 0 Å². The molecule has 0 saturated heterocycles. The average Bonchev–Trinajstić information content (AvgIpc) is 3.34. The number of benzene rings is 2. The van der Waals surface area contributed by atoms with Crippen LogP contribution in [0.1, 0.15) is 28.8 Å². The molecule has 1 saturated carbocycles. The molecule has 2 aromatic carbocycles. The van der Waals surface area contributed by atoms with E-state index in [0.29, 0.717) is 12.8 Å².